The lowest BCUT2D eigenvalue weighted by Crippen LogP contribution is -2.48. The van der Waals surface area contributed by atoms with Gasteiger partial charge in [0.05, 0.1) is 0 Å². The number of nitrogens with zero attached hydrogens (tertiary/aromatic N) is 3. The van der Waals surface area contributed by atoms with Gasteiger partial charge >= 0.3 is 0 Å². The summed E-state index contributed by atoms with van der Waals surface area (Å²) in [6.07, 6.45) is 7.10. The summed E-state index contributed by atoms with van der Waals surface area (Å²) in [4.78, 5) is 18.1. The predicted octanol–water partition coefficient (Wildman–Crippen LogP) is 5.87. The van der Waals surface area contributed by atoms with E-state index in [2.05, 4.69) is 119 Å². The Morgan fingerprint density at radius 3 is 2.44 bits per heavy atom. The molecule has 0 aliphatic carbocycles. The number of para-hydroxylation sites is 1. The van der Waals surface area contributed by atoms with Gasteiger partial charge in [-0.1, -0.05) is 90.5 Å². The molecule has 4 aromatic rings. The fourth-order valence-corrected chi connectivity index (χ4v) is 5.33. The van der Waals surface area contributed by atoms with Crippen LogP contribution in [0.4, 0.5) is 0 Å². The summed E-state index contributed by atoms with van der Waals surface area (Å²) in [6, 6.07) is 27.5. The molecule has 1 aliphatic rings. The first-order valence-corrected chi connectivity index (χ1v) is 12.9. The van der Waals surface area contributed by atoms with Crippen molar-refractivity contribution in [3.63, 3.8) is 0 Å². The smallest absolute Gasteiger partial charge is 0.223 e. The Morgan fingerprint density at radius 2 is 1.67 bits per heavy atom. The van der Waals surface area contributed by atoms with E-state index in [9.17, 15) is 4.79 Å². The highest BCUT2D eigenvalue weighted by molar-refractivity contribution is 5.86. The SMILES string of the molecule is Cc1cccc(C(CC(=O)N2CCN(C/C=C/c3ccccc3)CC2)c2cn(C)c3ccccc23)c1. The molecule has 1 fully saturated rings. The van der Waals surface area contributed by atoms with Crippen molar-refractivity contribution in [3.05, 3.63) is 113 Å². The van der Waals surface area contributed by atoms with Crippen LogP contribution in [0.5, 0.6) is 0 Å². The third-order valence-corrected chi connectivity index (χ3v) is 7.32. The van der Waals surface area contributed by atoms with Gasteiger partial charge in [-0.3, -0.25) is 9.69 Å². The van der Waals surface area contributed by atoms with Crippen molar-refractivity contribution in [3.8, 4) is 0 Å². The number of carbonyl (C=O) groups is 1. The first kappa shape index (κ1) is 24.1. The summed E-state index contributed by atoms with van der Waals surface area (Å²) in [5, 5.41) is 1.23. The van der Waals surface area contributed by atoms with Crippen molar-refractivity contribution < 1.29 is 4.79 Å². The number of hydrogen-bond donors (Lipinski definition) is 0. The molecule has 5 rings (SSSR count). The van der Waals surface area contributed by atoms with Gasteiger partial charge in [-0.2, -0.15) is 0 Å². The molecule has 2 heterocycles. The molecule has 1 aliphatic heterocycles. The molecule has 0 bridgehead atoms. The lowest BCUT2D eigenvalue weighted by molar-refractivity contribution is -0.133. The van der Waals surface area contributed by atoms with Gasteiger partial charge in [0.25, 0.3) is 0 Å². The van der Waals surface area contributed by atoms with E-state index >= 15 is 0 Å². The number of benzene rings is 3. The normalized spacial score (nSPS) is 15.6. The zero-order chi connectivity index (χ0) is 24.9. The zero-order valence-electron chi connectivity index (χ0n) is 21.3. The third-order valence-electron chi connectivity index (χ3n) is 7.32. The van der Waals surface area contributed by atoms with Crippen LogP contribution in [0, 0.1) is 6.92 Å². The van der Waals surface area contributed by atoms with Crippen molar-refractivity contribution in [2.24, 2.45) is 7.05 Å². The van der Waals surface area contributed by atoms with Crippen LogP contribution in [0.15, 0.2) is 91.1 Å². The molecular weight excluding hydrogens is 442 g/mol. The molecule has 1 amide bonds. The topological polar surface area (TPSA) is 28.5 Å². The zero-order valence-corrected chi connectivity index (χ0v) is 21.3. The molecule has 1 saturated heterocycles. The van der Waals surface area contributed by atoms with E-state index in [0.29, 0.717) is 6.42 Å². The highest BCUT2D eigenvalue weighted by Gasteiger charge is 2.27. The van der Waals surface area contributed by atoms with Crippen LogP contribution >= 0.6 is 0 Å². The van der Waals surface area contributed by atoms with Crippen LogP contribution in [0.3, 0.4) is 0 Å². The molecule has 0 saturated carbocycles. The molecule has 4 nitrogen and oxygen atoms in total. The first-order chi connectivity index (χ1) is 17.6. The second-order valence-electron chi connectivity index (χ2n) is 9.88. The Kier molecular flexibility index (Phi) is 7.33. The minimum absolute atomic E-state index is 0.0373. The molecule has 0 N–H and O–H groups in total. The van der Waals surface area contributed by atoms with E-state index in [-0.39, 0.29) is 11.8 Å². The minimum atomic E-state index is 0.0373. The fourth-order valence-electron chi connectivity index (χ4n) is 5.33. The highest BCUT2D eigenvalue weighted by atomic mass is 16.2. The van der Waals surface area contributed by atoms with Gasteiger partial charge in [-0.05, 0) is 29.7 Å². The largest absolute Gasteiger partial charge is 0.350 e. The van der Waals surface area contributed by atoms with E-state index in [1.165, 1.54) is 33.2 Å². The molecule has 1 atom stereocenters. The molecule has 0 radical (unpaired) electrons. The second kappa shape index (κ2) is 11.0. The van der Waals surface area contributed by atoms with Crippen molar-refractivity contribution in [2.75, 3.05) is 32.7 Å². The Labute approximate surface area is 214 Å². The maximum atomic E-state index is 13.6. The summed E-state index contributed by atoms with van der Waals surface area (Å²) >= 11 is 0. The standard InChI is InChI=1S/C32H35N3O/c1-25-10-8-14-27(22-25)29(30-24-33(2)31-16-7-6-15-28(30)31)23-32(36)35-20-18-34(19-21-35)17-9-13-26-11-4-3-5-12-26/h3-16,22,24,29H,17-21,23H2,1-2H3/b13-9+. The summed E-state index contributed by atoms with van der Waals surface area (Å²) in [6.45, 7) is 6.43. The fraction of sp³-hybridized carbons (Fsp3) is 0.281. The van der Waals surface area contributed by atoms with E-state index in [1.807, 2.05) is 6.07 Å². The number of piperazine rings is 1. The van der Waals surface area contributed by atoms with E-state index in [1.54, 1.807) is 0 Å². The van der Waals surface area contributed by atoms with Gasteiger partial charge < -0.3 is 9.47 Å². The van der Waals surface area contributed by atoms with Crippen molar-refractivity contribution in [1.82, 2.24) is 14.4 Å². The molecule has 184 valence electrons. The number of rotatable bonds is 7. The van der Waals surface area contributed by atoms with E-state index in [0.717, 1.165) is 32.7 Å². The number of hydrogen-bond acceptors (Lipinski definition) is 2. The van der Waals surface area contributed by atoms with Crippen molar-refractivity contribution >= 4 is 22.9 Å². The summed E-state index contributed by atoms with van der Waals surface area (Å²) in [5.74, 6) is 0.282. The maximum absolute atomic E-state index is 13.6. The lowest BCUT2D eigenvalue weighted by atomic mass is 9.87. The predicted molar refractivity (Wildman–Crippen MR) is 149 cm³/mol. The summed E-state index contributed by atoms with van der Waals surface area (Å²) < 4.78 is 2.18. The lowest BCUT2D eigenvalue weighted by Gasteiger charge is -2.35. The minimum Gasteiger partial charge on any atom is -0.350 e. The molecule has 36 heavy (non-hydrogen) atoms. The molecule has 4 heteroatoms. The van der Waals surface area contributed by atoms with Gasteiger partial charge in [0.1, 0.15) is 0 Å². The van der Waals surface area contributed by atoms with E-state index < -0.39 is 0 Å². The molecule has 1 unspecified atom stereocenters. The van der Waals surface area contributed by atoms with Crippen LogP contribution in [-0.4, -0.2) is 53.0 Å². The number of carbonyl (C=O) groups excluding carboxylic acids is 1. The number of aryl methyl sites for hydroxylation is 2. The number of aromatic nitrogens is 1. The number of amides is 1. The van der Waals surface area contributed by atoms with Gasteiger partial charge in [0.2, 0.25) is 5.91 Å². The monoisotopic (exact) mass is 477 g/mol. The molecule has 1 aromatic heterocycles. The Balaban J connectivity index is 1.28. The van der Waals surface area contributed by atoms with Gasteiger partial charge in [-0.15, -0.1) is 0 Å². The van der Waals surface area contributed by atoms with Crippen LogP contribution in [0.1, 0.15) is 34.6 Å². The van der Waals surface area contributed by atoms with Gasteiger partial charge in [0.15, 0.2) is 0 Å². The third kappa shape index (κ3) is 5.44. The number of fused-ring (bicyclic) bond motifs is 1. The Morgan fingerprint density at radius 1 is 0.917 bits per heavy atom. The molecule has 3 aromatic carbocycles. The molecular formula is C32H35N3O. The second-order valence-corrected chi connectivity index (χ2v) is 9.88. The summed E-state index contributed by atoms with van der Waals surface area (Å²) in [7, 11) is 2.09. The first-order valence-electron chi connectivity index (χ1n) is 12.9. The van der Waals surface area contributed by atoms with Gasteiger partial charge in [0, 0.05) is 69.2 Å². The maximum Gasteiger partial charge on any atom is 0.223 e. The molecule has 0 spiro atoms. The van der Waals surface area contributed by atoms with Crippen molar-refractivity contribution in [2.45, 2.75) is 19.3 Å². The highest BCUT2D eigenvalue weighted by Crippen LogP contribution is 2.35. The van der Waals surface area contributed by atoms with Crippen LogP contribution in [0.25, 0.3) is 17.0 Å². The van der Waals surface area contributed by atoms with E-state index in [4.69, 9.17) is 0 Å². The van der Waals surface area contributed by atoms with Gasteiger partial charge in [-0.25, -0.2) is 0 Å². The average Bonchev–Trinajstić information content (AvgIpc) is 3.24. The van der Waals surface area contributed by atoms with Crippen molar-refractivity contribution in [1.29, 1.82) is 0 Å². The van der Waals surface area contributed by atoms with Crippen LogP contribution in [-0.2, 0) is 11.8 Å². The van der Waals surface area contributed by atoms with Crippen LogP contribution in [0.2, 0.25) is 0 Å². The Bertz CT molecular complexity index is 1350. The summed E-state index contributed by atoms with van der Waals surface area (Å²) in [5.41, 5.74) is 6.10. The average molecular weight is 478 g/mol. The quantitative estimate of drug-likeness (QED) is 0.333. The van der Waals surface area contributed by atoms with Crippen LogP contribution < -0.4 is 0 Å². The Hall–Kier alpha value is -3.63.